The van der Waals surface area contributed by atoms with Crippen LogP contribution in [0.3, 0.4) is 0 Å². The molecular formula is C18H22N4. The van der Waals surface area contributed by atoms with E-state index in [9.17, 15) is 0 Å². The highest BCUT2D eigenvalue weighted by molar-refractivity contribution is 5.72. The molecule has 0 amide bonds. The molecule has 1 N–H and O–H groups in total. The van der Waals surface area contributed by atoms with E-state index in [1.54, 1.807) is 6.33 Å². The molecule has 0 bridgehead atoms. The summed E-state index contributed by atoms with van der Waals surface area (Å²) in [4.78, 5) is 11.7. The van der Waals surface area contributed by atoms with Crippen LogP contribution < -0.4 is 10.2 Å². The number of benzene rings is 1. The zero-order valence-electron chi connectivity index (χ0n) is 13.0. The molecule has 22 heavy (non-hydrogen) atoms. The number of hydrogen-bond acceptors (Lipinski definition) is 4. The summed E-state index contributed by atoms with van der Waals surface area (Å²) in [6.07, 6.45) is 6.30. The van der Waals surface area contributed by atoms with Gasteiger partial charge in [0.15, 0.2) is 0 Å². The van der Waals surface area contributed by atoms with Gasteiger partial charge in [-0.1, -0.05) is 24.3 Å². The number of nitrogens with one attached hydrogen (secondary N) is 1. The molecule has 4 heteroatoms. The molecule has 4 rings (SSSR count). The van der Waals surface area contributed by atoms with Crippen LogP contribution in [0.15, 0.2) is 30.6 Å². The van der Waals surface area contributed by atoms with Gasteiger partial charge in [-0.25, -0.2) is 9.97 Å². The van der Waals surface area contributed by atoms with Crippen LogP contribution in [0.25, 0.3) is 11.3 Å². The van der Waals surface area contributed by atoms with Crippen molar-refractivity contribution in [2.75, 3.05) is 25.0 Å². The van der Waals surface area contributed by atoms with Crippen LogP contribution in [0.2, 0.25) is 0 Å². The lowest BCUT2D eigenvalue weighted by atomic mass is 10.0. The van der Waals surface area contributed by atoms with E-state index < -0.39 is 0 Å². The van der Waals surface area contributed by atoms with E-state index >= 15 is 0 Å². The molecule has 2 aromatic rings. The first-order chi connectivity index (χ1) is 10.9. The van der Waals surface area contributed by atoms with Crippen molar-refractivity contribution in [1.82, 2.24) is 15.3 Å². The standard InChI is InChI=1S/C18H22N4/c1-19-14-9-10-22(11-14)18-16-8-4-6-13-5-2-3-7-15(13)17(16)20-12-21-18/h2-3,5,7,12,14,19H,4,6,8-11H2,1H3. The molecule has 1 saturated heterocycles. The average molecular weight is 294 g/mol. The quantitative estimate of drug-likeness (QED) is 0.923. The molecule has 0 spiro atoms. The summed E-state index contributed by atoms with van der Waals surface area (Å²) >= 11 is 0. The number of anilines is 1. The number of likely N-dealkylation sites (N-methyl/N-ethyl adjacent to an activating group) is 1. The van der Waals surface area contributed by atoms with E-state index in [1.807, 2.05) is 7.05 Å². The fourth-order valence-corrected chi connectivity index (χ4v) is 3.75. The van der Waals surface area contributed by atoms with Gasteiger partial charge in [0.05, 0.1) is 5.69 Å². The normalized spacial score (nSPS) is 20.4. The van der Waals surface area contributed by atoms with Crippen molar-refractivity contribution in [1.29, 1.82) is 0 Å². The molecule has 0 saturated carbocycles. The highest BCUT2D eigenvalue weighted by Crippen LogP contribution is 2.35. The zero-order valence-corrected chi connectivity index (χ0v) is 13.0. The third-order valence-corrected chi connectivity index (χ3v) is 4.96. The van der Waals surface area contributed by atoms with Crippen LogP contribution in [0.5, 0.6) is 0 Å². The lowest BCUT2D eigenvalue weighted by Gasteiger charge is -2.21. The van der Waals surface area contributed by atoms with Gasteiger partial charge >= 0.3 is 0 Å². The van der Waals surface area contributed by atoms with Gasteiger partial charge in [0.25, 0.3) is 0 Å². The highest BCUT2D eigenvalue weighted by atomic mass is 15.2. The van der Waals surface area contributed by atoms with E-state index in [0.717, 1.165) is 37.4 Å². The lowest BCUT2D eigenvalue weighted by molar-refractivity contribution is 0.616. The second kappa shape index (κ2) is 5.69. The first kappa shape index (κ1) is 13.7. The molecule has 2 aliphatic rings. The molecule has 114 valence electrons. The highest BCUT2D eigenvalue weighted by Gasteiger charge is 2.27. The summed E-state index contributed by atoms with van der Waals surface area (Å²) in [5.41, 5.74) is 5.19. The van der Waals surface area contributed by atoms with E-state index in [-0.39, 0.29) is 0 Å². The van der Waals surface area contributed by atoms with E-state index in [4.69, 9.17) is 0 Å². The van der Waals surface area contributed by atoms with Gasteiger partial charge in [-0.3, -0.25) is 0 Å². The molecule has 1 unspecified atom stereocenters. The number of hydrogen-bond donors (Lipinski definition) is 1. The van der Waals surface area contributed by atoms with Crippen LogP contribution in [0.4, 0.5) is 5.82 Å². The van der Waals surface area contributed by atoms with Crippen LogP contribution in [0, 0.1) is 0 Å². The number of aryl methyl sites for hydroxylation is 1. The molecule has 1 aliphatic heterocycles. The van der Waals surface area contributed by atoms with Crippen molar-refractivity contribution < 1.29 is 0 Å². The van der Waals surface area contributed by atoms with Crippen LogP contribution in [0.1, 0.15) is 24.0 Å². The minimum absolute atomic E-state index is 0.573. The van der Waals surface area contributed by atoms with Crippen molar-refractivity contribution in [3.05, 3.63) is 41.7 Å². The van der Waals surface area contributed by atoms with Crippen molar-refractivity contribution in [2.24, 2.45) is 0 Å². The molecule has 4 nitrogen and oxygen atoms in total. The summed E-state index contributed by atoms with van der Waals surface area (Å²) in [5.74, 6) is 1.15. The van der Waals surface area contributed by atoms with Crippen molar-refractivity contribution in [2.45, 2.75) is 31.7 Å². The Morgan fingerprint density at radius 2 is 2.09 bits per heavy atom. The fraction of sp³-hybridized carbons (Fsp3) is 0.444. The Kier molecular flexibility index (Phi) is 3.54. The van der Waals surface area contributed by atoms with Crippen molar-refractivity contribution >= 4 is 5.82 Å². The number of fused-ring (bicyclic) bond motifs is 3. The predicted molar refractivity (Wildman–Crippen MR) is 89.2 cm³/mol. The van der Waals surface area contributed by atoms with Gasteiger partial charge in [-0.05, 0) is 38.3 Å². The Morgan fingerprint density at radius 3 is 2.95 bits per heavy atom. The van der Waals surface area contributed by atoms with Gasteiger partial charge in [-0.15, -0.1) is 0 Å². The Labute approximate surface area is 131 Å². The molecular weight excluding hydrogens is 272 g/mol. The third kappa shape index (κ3) is 2.28. The summed E-state index contributed by atoms with van der Waals surface area (Å²) in [7, 11) is 2.05. The van der Waals surface area contributed by atoms with Gasteiger partial charge < -0.3 is 10.2 Å². The number of rotatable bonds is 2. The first-order valence-electron chi connectivity index (χ1n) is 8.21. The van der Waals surface area contributed by atoms with Crippen LogP contribution in [-0.4, -0.2) is 36.1 Å². The average Bonchev–Trinajstić information content (AvgIpc) is 2.96. The fourth-order valence-electron chi connectivity index (χ4n) is 3.75. The number of aromatic nitrogens is 2. The Bertz CT molecular complexity index is 683. The largest absolute Gasteiger partial charge is 0.355 e. The van der Waals surface area contributed by atoms with E-state index in [1.165, 1.54) is 29.5 Å². The predicted octanol–water partition coefficient (Wildman–Crippen LogP) is 2.43. The van der Waals surface area contributed by atoms with Crippen LogP contribution in [-0.2, 0) is 12.8 Å². The lowest BCUT2D eigenvalue weighted by Crippen LogP contribution is -2.30. The van der Waals surface area contributed by atoms with Gasteiger partial charge in [0.1, 0.15) is 12.1 Å². The van der Waals surface area contributed by atoms with Gasteiger partial charge in [0, 0.05) is 30.3 Å². The maximum atomic E-state index is 4.64. The molecule has 1 aromatic heterocycles. The molecule has 1 aromatic carbocycles. The summed E-state index contributed by atoms with van der Waals surface area (Å²) in [5, 5.41) is 3.39. The minimum Gasteiger partial charge on any atom is -0.355 e. The first-order valence-corrected chi connectivity index (χ1v) is 8.21. The van der Waals surface area contributed by atoms with Crippen LogP contribution >= 0.6 is 0 Å². The Morgan fingerprint density at radius 1 is 1.18 bits per heavy atom. The van der Waals surface area contributed by atoms with E-state index in [2.05, 4.69) is 44.5 Å². The second-order valence-corrected chi connectivity index (χ2v) is 6.26. The second-order valence-electron chi connectivity index (χ2n) is 6.26. The van der Waals surface area contributed by atoms with Gasteiger partial charge in [0.2, 0.25) is 0 Å². The third-order valence-electron chi connectivity index (χ3n) is 4.96. The number of nitrogens with zero attached hydrogens (tertiary/aromatic N) is 3. The van der Waals surface area contributed by atoms with Gasteiger partial charge in [-0.2, -0.15) is 0 Å². The summed E-state index contributed by atoms with van der Waals surface area (Å²) in [6, 6.07) is 9.26. The maximum Gasteiger partial charge on any atom is 0.135 e. The zero-order chi connectivity index (χ0) is 14.9. The summed E-state index contributed by atoms with van der Waals surface area (Å²) < 4.78 is 0. The molecule has 1 aliphatic carbocycles. The summed E-state index contributed by atoms with van der Waals surface area (Å²) in [6.45, 7) is 2.12. The smallest absolute Gasteiger partial charge is 0.135 e. The van der Waals surface area contributed by atoms with Crippen molar-refractivity contribution in [3.63, 3.8) is 0 Å². The molecule has 1 fully saturated rings. The molecule has 2 heterocycles. The molecule has 0 radical (unpaired) electrons. The Balaban J connectivity index is 1.78. The molecule has 1 atom stereocenters. The SMILES string of the molecule is CNC1CCN(c2ncnc3c2CCCc2ccccc2-3)C1. The topological polar surface area (TPSA) is 41.0 Å². The minimum atomic E-state index is 0.573. The van der Waals surface area contributed by atoms with Crippen molar-refractivity contribution in [3.8, 4) is 11.3 Å². The Hall–Kier alpha value is -1.94. The van der Waals surface area contributed by atoms with E-state index in [0.29, 0.717) is 6.04 Å². The monoisotopic (exact) mass is 294 g/mol. The maximum absolute atomic E-state index is 4.64.